The summed E-state index contributed by atoms with van der Waals surface area (Å²) in [7, 11) is 4.26. The predicted octanol–water partition coefficient (Wildman–Crippen LogP) is 4.83. The fraction of sp³-hybridized carbons (Fsp3) is 0.625. The molecule has 1 heteroatoms. The van der Waals surface area contributed by atoms with Gasteiger partial charge in [-0.05, 0) is 24.0 Å². The summed E-state index contributed by atoms with van der Waals surface area (Å²) in [4.78, 5) is 2.22. The molecule has 1 atom stereocenters. The van der Waals surface area contributed by atoms with E-state index in [1.165, 1.54) is 43.4 Å². The standard InChI is InChI=1S/C16H27N/c1-5-6-7-8-11-14(2)15-12-9-10-13-16(15)17(3)4/h9-10,12-14H,5-8,11H2,1-4H3. The van der Waals surface area contributed by atoms with Gasteiger partial charge in [0.1, 0.15) is 0 Å². The zero-order chi connectivity index (χ0) is 12.7. The van der Waals surface area contributed by atoms with Gasteiger partial charge in [-0.1, -0.05) is 57.7 Å². The molecular formula is C16H27N. The van der Waals surface area contributed by atoms with E-state index in [9.17, 15) is 0 Å². The molecule has 0 bridgehead atoms. The van der Waals surface area contributed by atoms with Gasteiger partial charge in [-0.15, -0.1) is 0 Å². The largest absolute Gasteiger partial charge is 0.377 e. The SMILES string of the molecule is CCCCCCC(C)c1ccccc1N(C)C. The van der Waals surface area contributed by atoms with Crippen molar-refractivity contribution in [2.24, 2.45) is 0 Å². The molecule has 0 N–H and O–H groups in total. The zero-order valence-electron chi connectivity index (χ0n) is 11.9. The van der Waals surface area contributed by atoms with Gasteiger partial charge in [0.05, 0.1) is 0 Å². The highest BCUT2D eigenvalue weighted by Crippen LogP contribution is 2.29. The van der Waals surface area contributed by atoms with Crippen molar-refractivity contribution in [1.29, 1.82) is 0 Å². The first-order valence-corrected chi connectivity index (χ1v) is 6.93. The van der Waals surface area contributed by atoms with Crippen LogP contribution in [-0.4, -0.2) is 14.1 Å². The summed E-state index contributed by atoms with van der Waals surface area (Å²) >= 11 is 0. The zero-order valence-corrected chi connectivity index (χ0v) is 11.9. The number of hydrogen-bond acceptors (Lipinski definition) is 1. The summed E-state index contributed by atoms with van der Waals surface area (Å²) in [6.07, 6.45) is 6.75. The fourth-order valence-electron chi connectivity index (χ4n) is 2.34. The Morgan fingerprint density at radius 3 is 2.41 bits per heavy atom. The van der Waals surface area contributed by atoms with E-state index >= 15 is 0 Å². The summed E-state index contributed by atoms with van der Waals surface area (Å²) in [6.45, 7) is 4.62. The average molecular weight is 233 g/mol. The molecule has 0 aliphatic rings. The molecule has 1 rings (SSSR count). The Morgan fingerprint density at radius 2 is 1.76 bits per heavy atom. The highest BCUT2D eigenvalue weighted by Gasteiger charge is 2.10. The minimum absolute atomic E-state index is 0.672. The molecular weight excluding hydrogens is 206 g/mol. The molecule has 0 saturated heterocycles. The van der Waals surface area contributed by atoms with Crippen LogP contribution < -0.4 is 4.90 Å². The van der Waals surface area contributed by atoms with Crippen LogP contribution in [0.2, 0.25) is 0 Å². The number of unbranched alkanes of at least 4 members (excludes halogenated alkanes) is 3. The van der Waals surface area contributed by atoms with E-state index in [2.05, 4.69) is 57.1 Å². The molecule has 0 aliphatic heterocycles. The van der Waals surface area contributed by atoms with E-state index < -0.39 is 0 Å². The van der Waals surface area contributed by atoms with E-state index in [1.807, 2.05) is 0 Å². The first kappa shape index (κ1) is 14.1. The van der Waals surface area contributed by atoms with Gasteiger partial charge in [0.15, 0.2) is 0 Å². The van der Waals surface area contributed by atoms with Gasteiger partial charge in [-0.25, -0.2) is 0 Å². The van der Waals surface area contributed by atoms with Crippen LogP contribution in [0.15, 0.2) is 24.3 Å². The predicted molar refractivity (Wildman–Crippen MR) is 77.9 cm³/mol. The molecule has 1 unspecified atom stereocenters. The average Bonchev–Trinajstić information content (AvgIpc) is 2.34. The van der Waals surface area contributed by atoms with Gasteiger partial charge < -0.3 is 4.90 Å². The minimum Gasteiger partial charge on any atom is -0.377 e. The summed E-state index contributed by atoms with van der Waals surface area (Å²) in [6, 6.07) is 8.78. The molecule has 0 spiro atoms. The number of anilines is 1. The van der Waals surface area contributed by atoms with Gasteiger partial charge in [-0.2, -0.15) is 0 Å². The Morgan fingerprint density at radius 1 is 1.06 bits per heavy atom. The van der Waals surface area contributed by atoms with Crippen molar-refractivity contribution in [3.8, 4) is 0 Å². The van der Waals surface area contributed by atoms with Gasteiger partial charge in [0.25, 0.3) is 0 Å². The lowest BCUT2D eigenvalue weighted by Gasteiger charge is -2.21. The highest BCUT2D eigenvalue weighted by atomic mass is 15.1. The molecule has 96 valence electrons. The molecule has 1 nitrogen and oxygen atoms in total. The first-order chi connectivity index (χ1) is 8.16. The molecule has 0 aliphatic carbocycles. The summed E-state index contributed by atoms with van der Waals surface area (Å²) in [5.41, 5.74) is 2.87. The normalized spacial score (nSPS) is 12.5. The van der Waals surface area contributed by atoms with Crippen molar-refractivity contribution in [2.45, 2.75) is 51.9 Å². The third kappa shape index (κ3) is 4.41. The Bertz CT molecular complexity index is 317. The van der Waals surface area contributed by atoms with E-state index in [0.717, 1.165) is 0 Å². The van der Waals surface area contributed by atoms with E-state index in [-0.39, 0.29) is 0 Å². The summed E-state index contributed by atoms with van der Waals surface area (Å²) in [5.74, 6) is 0.672. The van der Waals surface area contributed by atoms with Gasteiger partial charge >= 0.3 is 0 Å². The molecule has 0 saturated carbocycles. The van der Waals surface area contributed by atoms with Crippen LogP contribution in [0.25, 0.3) is 0 Å². The minimum atomic E-state index is 0.672. The maximum atomic E-state index is 2.36. The maximum absolute atomic E-state index is 2.36. The van der Waals surface area contributed by atoms with Crippen molar-refractivity contribution in [3.63, 3.8) is 0 Å². The monoisotopic (exact) mass is 233 g/mol. The molecule has 17 heavy (non-hydrogen) atoms. The van der Waals surface area contributed by atoms with E-state index in [1.54, 1.807) is 0 Å². The lowest BCUT2D eigenvalue weighted by atomic mass is 9.93. The summed E-state index contributed by atoms with van der Waals surface area (Å²) < 4.78 is 0. The molecule has 0 radical (unpaired) electrons. The van der Waals surface area contributed by atoms with Crippen LogP contribution in [0.1, 0.15) is 57.4 Å². The Kier molecular flexibility index (Phi) is 6.10. The third-order valence-corrected chi connectivity index (χ3v) is 3.44. The van der Waals surface area contributed by atoms with Gasteiger partial charge in [0, 0.05) is 19.8 Å². The topological polar surface area (TPSA) is 3.24 Å². The van der Waals surface area contributed by atoms with Gasteiger partial charge in [-0.3, -0.25) is 0 Å². The van der Waals surface area contributed by atoms with E-state index in [4.69, 9.17) is 0 Å². The number of hydrogen-bond donors (Lipinski definition) is 0. The van der Waals surface area contributed by atoms with Crippen LogP contribution in [0.3, 0.4) is 0 Å². The molecule has 0 fully saturated rings. The Hall–Kier alpha value is -0.980. The van der Waals surface area contributed by atoms with Crippen molar-refractivity contribution < 1.29 is 0 Å². The maximum Gasteiger partial charge on any atom is 0.0396 e. The lowest BCUT2D eigenvalue weighted by molar-refractivity contribution is 0.580. The van der Waals surface area contributed by atoms with Gasteiger partial charge in [0.2, 0.25) is 0 Å². The number of benzene rings is 1. The van der Waals surface area contributed by atoms with Crippen molar-refractivity contribution >= 4 is 5.69 Å². The third-order valence-electron chi connectivity index (χ3n) is 3.44. The number of rotatable bonds is 7. The van der Waals surface area contributed by atoms with Crippen molar-refractivity contribution in [2.75, 3.05) is 19.0 Å². The van der Waals surface area contributed by atoms with Crippen LogP contribution in [0.4, 0.5) is 5.69 Å². The van der Waals surface area contributed by atoms with Crippen LogP contribution in [-0.2, 0) is 0 Å². The van der Waals surface area contributed by atoms with Crippen LogP contribution in [0.5, 0.6) is 0 Å². The van der Waals surface area contributed by atoms with Crippen molar-refractivity contribution in [1.82, 2.24) is 0 Å². The second-order valence-electron chi connectivity index (χ2n) is 5.20. The van der Waals surface area contributed by atoms with Crippen LogP contribution in [0, 0.1) is 0 Å². The molecule has 0 amide bonds. The Labute approximate surface area is 107 Å². The Balaban J connectivity index is 2.58. The highest BCUT2D eigenvalue weighted by molar-refractivity contribution is 5.53. The smallest absolute Gasteiger partial charge is 0.0396 e. The molecule has 0 heterocycles. The molecule has 1 aromatic carbocycles. The quantitative estimate of drug-likeness (QED) is 0.610. The second-order valence-corrected chi connectivity index (χ2v) is 5.20. The molecule has 1 aromatic rings. The fourth-order valence-corrected chi connectivity index (χ4v) is 2.34. The van der Waals surface area contributed by atoms with Crippen molar-refractivity contribution in [3.05, 3.63) is 29.8 Å². The number of para-hydroxylation sites is 1. The van der Waals surface area contributed by atoms with E-state index in [0.29, 0.717) is 5.92 Å². The van der Waals surface area contributed by atoms with Crippen LogP contribution >= 0.6 is 0 Å². The number of nitrogens with zero attached hydrogens (tertiary/aromatic N) is 1. The first-order valence-electron chi connectivity index (χ1n) is 6.93. The second kappa shape index (κ2) is 7.37. The molecule has 0 aromatic heterocycles. The lowest BCUT2D eigenvalue weighted by Crippen LogP contribution is -2.12. The summed E-state index contributed by atoms with van der Waals surface area (Å²) in [5, 5.41) is 0.